The standard InChI is InChI=1S/C23H15N3O2S/c27-26(28)17-11-9-16(10-12-17)24-25-20-14-13-19-22-18(20)7-4-8-21(22)29-23(19)15-5-2-1-3-6-15/h1-14,24H/b25-20+. The molecule has 1 aromatic heterocycles. The van der Waals surface area contributed by atoms with E-state index in [1.165, 1.54) is 38.2 Å². The summed E-state index contributed by atoms with van der Waals surface area (Å²) in [4.78, 5) is 11.6. The molecule has 29 heavy (non-hydrogen) atoms. The highest BCUT2D eigenvalue weighted by Crippen LogP contribution is 2.42. The van der Waals surface area contributed by atoms with Gasteiger partial charge in [-0.15, -0.1) is 11.3 Å². The van der Waals surface area contributed by atoms with Crippen molar-refractivity contribution < 1.29 is 4.92 Å². The molecule has 1 aliphatic carbocycles. The summed E-state index contributed by atoms with van der Waals surface area (Å²) in [5.41, 5.74) is 8.11. The molecule has 5 nitrogen and oxygen atoms in total. The van der Waals surface area contributed by atoms with Crippen LogP contribution in [0.15, 0.2) is 84.0 Å². The number of anilines is 1. The lowest BCUT2D eigenvalue weighted by Crippen LogP contribution is -2.05. The first kappa shape index (κ1) is 17.3. The molecule has 0 saturated heterocycles. The quantitative estimate of drug-likeness (QED) is 0.324. The first-order chi connectivity index (χ1) is 14.2. The van der Waals surface area contributed by atoms with Crippen LogP contribution in [0, 0.1) is 10.1 Å². The normalized spacial score (nSPS) is 13.7. The van der Waals surface area contributed by atoms with Crippen molar-refractivity contribution in [2.75, 3.05) is 5.43 Å². The Bertz CT molecular complexity index is 1290. The molecule has 0 spiro atoms. The molecule has 0 amide bonds. The lowest BCUT2D eigenvalue weighted by atomic mass is 9.94. The molecule has 1 aliphatic rings. The molecule has 6 heteroatoms. The van der Waals surface area contributed by atoms with Gasteiger partial charge in [0.05, 0.1) is 16.3 Å². The van der Waals surface area contributed by atoms with Crippen molar-refractivity contribution >= 4 is 44.6 Å². The minimum Gasteiger partial charge on any atom is -0.278 e. The molecule has 1 N–H and O–H groups in total. The summed E-state index contributed by atoms with van der Waals surface area (Å²) in [7, 11) is 0. The highest BCUT2D eigenvalue weighted by atomic mass is 32.1. The van der Waals surface area contributed by atoms with E-state index in [4.69, 9.17) is 0 Å². The molecular formula is C23H15N3O2S. The number of nitrogens with one attached hydrogen (secondary N) is 1. The molecule has 0 fully saturated rings. The van der Waals surface area contributed by atoms with Gasteiger partial charge in [0.1, 0.15) is 0 Å². The van der Waals surface area contributed by atoms with E-state index < -0.39 is 4.92 Å². The van der Waals surface area contributed by atoms with Crippen LogP contribution in [0.25, 0.3) is 26.6 Å². The second kappa shape index (κ2) is 7.00. The van der Waals surface area contributed by atoms with Crippen LogP contribution < -0.4 is 5.43 Å². The van der Waals surface area contributed by atoms with Crippen molar-refractivity contribution in [1.82, 2.24) is 0 Å². The third-order valence-electron chi connectivity index (χ3n) is 4.86. The van der Waals surface area contributed by atoms with E-state index in [1.54, 1.807) is 23.5 Å². The summed E-state index contributed by atoms with van der Waals surface area (Å²) in [5.74, 6) is 0. The smallest absolute Gasteiger partial charge is 0.269 e. The van der Waals surface area contributed by atoms with Crippen LogP contribution in [0.3, 0.4) is 0 Å². The molecule has 0 aliphatic heterocycles. The lowest BCUT2D eigenvalue weighted by Gasteiger charge is -2.11. The Morgan fingerprint density at radius 1 is 0.897 bits per heavy atom. The Morgan fingerprint density at radius 3 is 2.45 bits per heavy atom. The number of rotatable bonds is 4. The number of nitro benzene ring substituents is 1. The van der Waals surface area contributed by atoms with Gasteiger partial charge in [-0.2, -0.15) is 5.10 Å². The summed E-state index contributed by atoms with van der Waals surface area (Å²) in [6, 6.07) is 22.9. The van der Waals surface area contributed by atoms with E-state index in [1.807, 2.05) is 18.2 Å². The summed E-state index contributed by atoms with van der Waals surface area (Å²) >= 11 is 1.79. The minimum absolute atomic E-state index is 0.0573. The van der Waals surface area contributed by atoms with E-state index in [9.17, 15) is 10.1 Å². The highest BCUT2D eigenvalue weighted by Gasteiger charge is 2.20. The van der Waals surface area contributed by atoms with Crippen LogP contribution in [0.1, 0.15) is 11.1 Å². The molecule has 0 bridgehead atoms. The maximum atomic E-state index is 10.8. The van der Waals surface area contributed by atoms with Crippen LogP contribution in [-0.2, 0) is 0 Å². The second-order valence-electron chi connectivity index (χ2n) is 6.64. The van der Waals surface area contributed by atoms with E-state index in [-0.39, 0.29) is 5.69 Å². The van der Waals surface area contributed by atoms with Crippen LogP contribution in [0.4, 0.5) is 11.4 Å². The molecule has 4 aromatic rings. The Kier molecular flexibility index (Phi) is 4.18. The van der Waals surface area contributed by atoms with Gasteiger partial charge in [0.25, 0.3) is 5.69 Å². The van der Waals surface area contributed by atoms with Gasteiger partial charge in [0.2, 0.25) is 0 Å². The van der Waals surface area contributed by atoms with E-state index in [0.717, 1.165) is 11.3 Å². The zero-order chi connectivity index (χ0) is 19.8. The molecule has 0 radical (unpaired) electrons. The maximum absolute atomic E-state index is 10.8. The fraction of sp³-hybridized carbons (Fsp3) is 0. The number of hydrogen-bond donors (Lipinski definition) is 1. The largest absolute Gasteiger partial charge is 0.278 e. The van der Waals surface area contributed by atoms with Gasteiger partial charge in [-0.3, -0.25) is 15.5 Å². The van der Waals surface area contributed by atoms with Gasteiger partial charge in [-0.1, -0.05) is 48.5 Å². The summed E-state index contributed by atoms with van der Waals surface area (Å²) in [5, 5.41) is 16.6. The SMILES string of the molecule is O=[N+]([O-])c1ccc(N/N=C2\C=Cc3c(-c4ccccc4)sc4cccc2c34)cc1. The lowest BCUT2D eigenvalue weighted by molar-refractivity contribution is -0.384. The first-order valence-corrected chi connectivity index (χ1v) is 9.90. The van der Waals surface area contributed by atoms with Gasteiger partial charge < -0.3 is 0 Å². The van der Waals surface area contributed by atoms with Gasteiger partial charge in [0.15, 0.2) is 0 Å². The molecular weight excluding hydrogens is 382 g/mol. The zero-order valence-electron chi connectivity index (χ0n) is 15.2. The average molecular weight is 397 g/mol. The number of hydrazone groups is 1. The predicted octanol–water partition coefficient (Wildman–Crippen LogP) is 6.32. The monoisotopic (exact) mass is 397 g/mol. The Hall–Kier alpha value is -3.77. The molecule has 1 heterocycles. The number of allylic oxidation sites excluding steroid dienone is 1. The fourth-order valence-electron chi connectivity index (χ4n) is 3.48. The fourth-order valence-corrected chi connectivity index (χ4v) is 4.70. The first-order valence-electron chi connectivity index (χ1n) is 9.08. The molecule has 140 valence electrons. The average Bonchev–Trinajstić information content (AvgIpc) is 3.14. The molecule has 3 aromatic carbocycles. The zero-order valence-corrected chi connectivity index (χ0v) is 16.0. The minimum atomic E-state index is -0.414. The van der Waals surface area contributed by atoms with Crippen LogP contribution in [0.5, 0.6) is 0 Å². The second-order valence-corrected chi connectivity index (χ2v) is 7.69. The van der Waals surface area contributed by atoms with Crippen molar-refractivity contribution in [3.05, 3.63) is 100 Å². The van der Waals surface area contributed by atoms with Gasteiger partial charge in [-0.25, -0.2) is 0 Å². The maximum Gasteiger partial charge on any atom is 0.269 e. The molecule has 0 saturated carbocycles. The molecule has 0 unspecified atom stereocenters. The Morgan fingerprint density at radius 2 is 1.69 bits per heavy atom. The Labute approximate surface area is 170 Å². The summed E-state index contributed by atoms with van der Waals surface area (Å²) < 4.78 is 1.23. The molecule has 0 atom stereocenters. The van der Waals surface area contributed by atoms with E-state index >= 15 is 0 Å². The van der Waals surface area contributed by atoms with Crippen molar-refractivity contribution in [2.45, 2.75) is 0 Å². The summed E-state index contributed by atoms with van der Waals surface area (Å²) in [6.45, 7) is 0. The highest BCUT2D eigenvalue weighted by molar-refractivity contribution is 7.22. The number of benzene rings is 3. The van der Waals surface area contributed by atoms with Crippen molar-refractivity contribution in [3.63, 3.8) is 0 Å². The number of hydrogen-bond acceptors (Lipinski definition) is 5. The topological polar surface area (TPSA) is 67.5 Å². The Balaban J connectivity index is 1.53. The van der Waals surface area contributed by atoms with Gasteiger partial charge in [0, 0.05) is 38.2 Å². The van der Waals surface area contributed by atoms with E-state index in [0.29, 0.717) is 5.69 Å². The van der Waals surface area contributed by atoms with Crippen LogP contribution >= 0.6 is 11.3 Å². The predicted molar refractivity (Wildman–Crippen MR) is 120 cm³/mol. The number of nitro groups is 1. The van der Waals surface area contributed by atoms with Gasteiger partial charge >= 0.3 is 0 Å². The summed E-state index contributed by atoms with van der Waals surface area (Å²) in [6.07, 6.45) is 4.12. The van der Waals surface area contributed by atoms with Crippen molar-refractivity contribution in [3.8, 4) is 10.4 Å². The number of non-ortho nitro benzene ring substituents is 1. The van der Waals surface area contributed by atoms with Crippen molar-refractivity contribution in [1.29, 1.82) is 0 Å². The van der Waals surface area contributed by atoms with Crippen molar-refractivity contribution in [2.24, 2.45) is 5.10 Å². The number of nitrogens with zero attached hydrogens (tertiary/aromatic N) is 2. The number of thiophene rings is 1. The molecule has 5 rings (SSSR count). The third-order valence-corrected chi connectivity index (χ3v) is 6.08. The van der Waals surface area contributed by atoms with Crippen LogP contribution in [0.2, 0.25) is 0 Å². The van der Waals surface area contributed by atoms with Gasteiger partial charge in [-0.05, 0) is 29.8 Å². The third kappa shape index (κ3) is 3.09. The van der Waals surface area contributed by atoms with E-state index in [2.05, 4.69) is 53.0 Å². The van der Waals surface area contributed by atoms with Crippen LogP contribution in [-0.4, -0.2) is 10.6 Å².